The van der Waals surface area contributed by atoms with Crippen molar-refractivity contribution in [2.45, 2.75) is 19.9 Å². The van der Waals surface area contributed by atoms with Gasteiger partial charge in [0.25, 0.3) is 0 Å². The normalized spacial score (nSPS) is 11.0. The Morgan fingerprint density at radius 2 is 2.14 bits per heavy atom. The molecule has 0 unspecified atom stereocenters. The van der Waals surface area contributed by atoms with E-state index in [9.17, 15) is 4.79 Å². The van der Waals surface area contributed by atoms with E-state index in [1.165, 1.54) is 6.07 Å². The zero-order chi connectivity index (χ0) is 14.8. The van der Waals surface area contributed by atoms with Crippen LogP contribution in [0, 0.1) is 0 Å². The number of aromatic nitrogens is 2. The highest BCUT2D eigenvalue weighted by atomic mass is 16.4. The highest BCUT2D eigenvalue weighted by molar-refractivity contribution is 5.81. The van der Waals surface area contributed by atoms with Crippen LogP contribution >= 0.6 is 0 Å². The lowest BCUT2D eigenvalue weighted by molar-refractivity contribution is 0.558. The van der Waals surface area contributed by atoms with Gasteiger partial charge in [0.2, 0.25) is 0 Å². The Hall–Kier alpha value is -2.56. The Morgan fingerprint density at radius 3 is 2.86 bits per heavy atom. The number of benzene rings is 1. The fourth-order valence-electron chi connectivity index (χ4n) is 2.34. The van der Waals surface area contributed by atoms with Crippen LogP contribution in [0.2, 0.25) is 0 Å². The van der Waals surface area contributed by atoms with Gasteiger partial charge in [0.15, 0.2) is 0 Å². The molecule has 0 saturated carbocycles. The van der Waals surface area contributed by atoms with E-state index in [1.807, 2.05) is 31.4 Å². The largest absolute Gasteiger partial charge is 0.423 e. The second kappa shape index (κ2) is 5.44. The molecule has 0 bridgehead atoms. The molecule has 0 amide bonds. The van der Waals surface area contributed by atoms with Crippen molar-refractivity contribution in [3.63, 3.8) is 0 Å². The first-order chi connectivity index (χ1) is 10.2. The van der Waals surface area contributed by atoms with Crippen LogP contribution in [0.25, 0.3) is 11.0 Å². The van der Waals surface area contributed by atoms with E-state index in [2.05, 4.69) is 23.4 Å². The van der Waals surface area contributed by atoms with Crippen LogP contribution in [0.3, 0.4) is 0 Å². The Bertz CT molecular complexity index is 833. The Balaban J connectivity index is 1.95. The van der Waals surface area contributed by atoms with Gasteiger partial charge in [-0.25, -0.2) is 4.79 Å². The second-order valence-electron chi connectivity index (χ2n) is 5.00. The van der Waals surface area contributed by atoms with Crippen molar-refractivity contribution in [2.24, 2.45) is 7.05 Å². The van der Waals surface area contributed by atoms with Gasteiger partial charge in [-0.1, -0.05) is 19.1 Å². The highest BCUT2D eigenvalue weighted by Crippen LogP contribution is 2.20. The number of hydrogen-bond acceptors (Lipinski definition) is 4. The molecule has 2 heterocycles. The number of nitrogens with zero attached hydrogens (tertiary/aromatic N) is 2. The summed E-state index contributed by atoms with van der Waals surface area (Å²) in [5.74, 6) is 0.782. The lowest BCUT2D eigenvalue weighted by Gasteiger charge is -2.07. The van der Waals surface area contributed by atoms with Crippen molar-refractivity contribution < 1.29 is 4.42 Å². The maximum Gasteiger partial charge on any atom is 0.336 e. The first-order valence-electron chi connectivity index (χ1n) is 6.95. The third-order valence-corrected chi connectivity index (χ3v) is 3.48. The van der Waals surface area contributed by atoms with E-state index in [-0.39, 0.29) is 5.63 Å². The third-order valence-electron chi connectivity index (χ3n) is 3.48. The van der Waals surface area contributed by atoms with Crippen LogP contribution in [0.1, 0.15) is 18.1 Å². The molecule has 3 aromatic rings. The standard InChI is InChI=1S/C16H17N3O2/c1-3-11-4-5-13-12(9-16(20)21-14(13)8-11)10-17-15-6-7-19(2)18-15/h4-9H,3,10H2,1-2H3,(H,17,18). The summed E-state index contributed by atoms with van der Waals surface area (Å²) >= 11 is 0. The molecule has 5 heteroatoms. The molecule has 1 aromatic carbocycles. The van der Waals surface area contributed by atoms with Crippen LogP contribution in [-0.4, -0.2) is 9.78 Å². The molecule has 108 valence electrons. The molecule has 0 aliphatic rings. The Kier molecular flexibility index (Phi) is 3.48. The van der Waals surface area contributed by atoms with E-state index in [0.29, 0.717) is 12.1 Å². The summed E-state index contributed by atoms with van der Waals surface area (Å²) in [4.78, 5) is 11.7. The number of rotatable bonds is 4. The number of anilines is 1. The number of fused-ring (bicyclic) bond motifs is 1. The van der Waals surface area contributed by atoms with Gasteiger partial charge in [0.05, 0.1) is 0 Å². The molecular formula is C16H17N3O2. The van der Waals surface area contributed by atoms with Crippen molar-refractivity contribution in [2.75, 3.05) is 5.32 Å². The van der Waals surface area contributed by atoms with Gasteiger partial charge in [0, 0.05) is 37.3 Å². The lowest BCUT2D eigenvalue weighted by atomic mass is 10.1. The molecule has 0 saturated heterocycles. The van der Waals surface area contributed by atoms with Crippen molar-refractivity contribution >= 4 is 16.8 Å². The van der Waals surface area contributed by atoms with E-state index in [0.717, 1.165) is 28.8 Å². The van der Waals surface area contributed by atoms with Crippen LogP contribution < -0.4 is 10.9 Å². The first kappa shape index (κ1) is 13.4. The fourth-order valence-corrected chi connectivity index (χ4v) is 2.34. The van der Waals surface area contributed by atoms with Gasteiger partial charge < -0.3 is 9.73 Å². The summed E-state index contributed by atoms with van der Waals surface area (Å²) in [7, 11) is 1.87. The SMILES string of the molecule is CCc1ccc2c(CNc3ccn(C)n3)cc(=O)oc2c1. The molecule has 0 fully saturated rings. The van der Waals surface area contributed by atoms with Gasteiger partial charge in [0.1, 0.15) is 11.4 Å². The summed E-state index contributed by atoms with van der Waals surface area (Å²) in [5.41, 5.74) is 2.38. The average Bonchev–Trinajstić information content (AvgIpc) is 2.89. The minimum absolute atomic E-state index is 0.325. The van der Waals surface area contributed by atoms with Crippen molar-refractivity contribution in [3.05, 3.63) is 58.1 Å². The van der Waals surface area contributed by atoms with Gasteiger partial charge >= 0.3 is 5.63 Å². The van der Waals surface area contributed by atoms with Crippen LogP contribution in [-0.2, 0) is 20.0 Å². The number of nitrogens with one attached hydrogen (secondary N) is 1. The van der Waals surface area contributed by atoms with Crippen LogP contribution in [0.4, 0.5) is 5.82 Å². The summed E-state index contributed by atoms with van der Waals surface area (Å²) in [6, 6.07) is 9.42. The van der Waals surface area contributed by atoms with Crippen molar-refractivity contribution in [1.29, 1.82) is 0 Å². The first-order valence-corrected chi connectivity index (χ1v) is 6.95. The summed E-state index contributed by atoms with van der Waals surface area (Å²) in [6.07, 6.45) is 2.78. The molecule has 2 aromatic heterocycles. The minimum Gasteiger partial charge on any atom is -0.423 e. The topological polar surface area (TPSA) is 60.1 Å². The lowest BCUT2D eigenvalue weighted by Crippen LogP contribution is -2.06. The maximum atomic E-state index is 11.7. The van der Waals surface area contributed by atoms with E-state index >= 15 is 0 Å². The Morgan fingerprint density at radius 1 is 1.29 bits per heavy atom. The molecule has 0 spiro atoms. The summed E-state index contributed by atoms with van der Waals surface area (Å²) < 4.78 is 7.03. The zero-order valence-electron chi connectivity index (χ0n) is 12.1. The molecule has 1 N–H and O–H groups in total. The molecule has 21 heavy (non-hydrogen) atoms. The Labute approximate surface area is 122 Å². The molecule has 3 rings (SSSR count). The molecule has 0 atom stereocenters. The number of hydrogen-bond donors (Lipinski definition) is 1. The summed E-state index contributed by atoms with van der Waals surface area (Å²) in [6.45, 7) is 2.61. The van der Waals surface area contributed by atoms with Gasteiger partial charge in [-0.15, -0.1) is 0 Å². The van der Waals surface area contributed by atoms with Crippen molar-refractivity contribution in [1.82, 2.24) is 9.78 Å². The maximum absolute atomic E-state index is 11.7. The van der Waals surface area contributed by atoms with Crippen LogP contribution in [0.5, 0.6) is 0 Å². The van der Waals surface area contributed by atoms with Gasteiger partial charge in [-0.3, -0.25) is 4.68 Å². The number of aryl methyl sites for hydroxylation is 2. The fraction of sp³-hybridized carbons (Fsp3) is 0.250. The van der Waals surface area contributed by atoms with E-state index in [4.69, 9.17) is 4.42 Å². The molecular weight excluding hydrogens is 266 g/mol. The zero-order valence-corrected chi connectivity index (χ0v) is 12.1. The molecule has 0 radical (unpaired) electrons. The second-order valence-corrected chi connectivity index (χ2v) is 5.00. The highest BCUT2D eigenvalue weighted by Gasteiger charge is 2.07. The third kappa shape index (κ3) is 2.81. The molecule has 5 nitrogen and oxygen atoms in total. The van der Waals surface area contributed by atoms with Crippen molar-refractivity contribution in [3.8, 4) is 0 Å². The van der Waals surface area contributed by atoms with E-state index in [1.54, 1.807) is 4.68 Å². The quantitative estimate of drug-likeness (QED) is 0.748. The van der Waals surface area contributed by atoms with Gasteiger partial charge in [-0.2, -0.15) is 5.10 Å². The average molecular weight is 283 g/mol. The summed E-state index contributed by atoms with van der Waals surface area (Å²) in [5, 5.41) is 8.43. The van der Waals surface area contributed by atoms with E-state index < -0.39 is 0 Å². The molecule has 0 aliphatic carbocycles. The predicted octanol–water partition coefficient (Wildman–Crippen LogP) is 2.70. The smallest absolute Gasteiger partial charge is 0.336 e. The monoisotopic (exact) mass is 283 g/mol. The van der Waals surface area contributed by atoms with Crippen LogP contribution in [0.15, 0.2) is 45.7 Å². The predicted molar refractivity (Wildman–Crippen MR) is 82.4 cm³/mol. The van der Waals surface area contributed by atoms with Gasteiger partial charge in [-0.05, 0) is 23.6 Å². The minimum atomic E-state index is -0.325. The molecule has 0 aliphatic heterocycles.